The lowest BCUT2D eigenvalue weighted by Crippen LogP contribution is -2.55. The normalized spacial score (nSPS) is 53.0. The van der Waals surface area contributed by atoms with Gasteiger partial charge in [0.05, 0.1) is 0 Å². The highest BCUT2D eigenvalue weighted by atomic mass is 14.7. The van der Waals surface area contributed by atoms with Gasteiger partial charge in [-0.2, -0.15) is 0 Å². The van der Waals surface area contributed by atoms with E-state index in [0.29, 0.717) is 10.8 Å². The second-order valence-corrected chi connectivity index (χ2v) is 11.0. The maximum atomic E-state index is 4.54. The molecule has 26 heavy (non-hydrogen) atoms. The number of allylic oxidation sites excluding steroid dienone is 4. The van der Waals surface area contributed by atoms with Crippen LogP contribution in [-0.4, -0.2) is 0 Å². The summed E-state index contributed by atoms with van der Waals surface area (Å²) in [4.78, 5) is 0. The first kappa shape index (κ1) is 18.6. The molecule has 4 rings (SSSR count). The van der Waals surface area contributed by atoms with Gasteiger partial charge in [0.1, 0.15) is 0 Å². The molecule has 0 nitrogen and oxygen atoms in total. The minimum absolute atomic E-state index is 0.397. The van der Waals surface area contributed by atoms with Gasteiger partial charge in [-0.05, 0) is 90.8 Å². The second-order valence-electron chi connectivity index (χ2n) is 11.0. The molecular formula is C26H40. The number of fused-ring (bicyclic) bond motifs is 5. The maximum Gasteiger partial charge on any atom is -0.00784 e. The first-order chi connectivity index (χ1) is 12.2. The van der Waals surface area contributed by atoms with Crippen LogP contribution in [0.2, 0.25) is 0 Å². The number of rotatable bonds is 2. The average Bonchev–Trinajstić information content (AvgIpc) is 2.84. The highest BCUT2D eigenvalue weighted by Crippen LogP contribution is 2.70. The molecule has 0 radical (unpaired) electrons. The zero-order valence-electron chi connectivity index (χ0n) is 17.9. The van der Waals surface area contributed by atoms with Crippen LogP contribution in [0.3, 0.4) is 0 Å². The van der Waals surface area contributed by atoms with Crippen LogP contribution in [0.15, 0.2) is 36.5 Å². The zero-order chi connectivity index (χ0) is 18.9. The molecule has 0 aromatic carbocycles. The van der Waals surface area contributed by atoms with Crippen LogP contribution in [0.5, 0.6) is 0 Å². The van der Waals surface area contributed by atoms with Crippen molar-refractivity contribution in [3.63, 3.8) is 0 Å². The van der Waals surface area contributed by atoms with E-state index in [1.807, 2.05) is 0 Å². The van der Waals surface area contributed by atoms with Crippen LogP contribution in [0.1, 0.15) is 73.1 Å². The van der Waals surface area contributed by atoms with Crippen LogP contribution in [0.4, 0.5) is 0 Å². The van der Waals surface area contributed by atoms with Crippen molar-refractivity contribution in [3.05, 3.63) is 36.5 Å². The van der Waals surface area contributed by atoms with E-state index in [-0.39, 0.29) is 0 Å². The van der Waals surface area contributed by atoms with Gasteiger partial charge in [0.15, 0.2) is 0 Å². The predicted octanol–water partition coefficient (Wildman–Crippen LogP) is 7.44. The standard InChI is InChI=1S/C26H40/c1-8-17(3)23-18(4)14-22-21-10-9-20-13-16(2)11-12-25(20,6)24(21)19(5)15-26(22,23)7/h11-12,18-24H,2-3,8-10,13-15H2,1,4-7H3. The zero-order valence-corrected chi connectivity index (χ0v) is 17.9. The topological polar surface area (TPSA) is 0 Å². The molecule has 0 aromatic heterocycles. The van der Waals surface area contributed by atoms with Gasteiger partial charge in [0.2, 0.25) is 0 Å². The molecule has 0 spiro atoms. The highest BCUT2D eigenvalue weighted by Gasteiger charge is 2.62. The van der Waals surface area contributed by atoms with Crippen LogP contribution in [-0.2, 0) is 0 Å². The Balaban J connectivity index is 1.72. The summed E-state index contributed by atoms with van der Waals surface area (Å²) in [6.07, 6.45) is 13.0. The summed E-state index contributed by atoms with van der Waals surface area (Å²) < 4.78 is 0. The Morgan fingerprint density at radius 2 is 1.92 bits per heavy atom. The molecule has 9 unspecified atom stereocenters. The molecule has 0 aliphatic heterocycles. The van der Waals surface area contributed by atoms with Gasteiger partial charge < -0.3 is 0 Å². The van der Waals surface area contributed by atoms with E-state index < -0.39 is 0 Å². The Hall–Kier alpha value is -0.780. The molecule has 3 fully saturated rings. The van der Waals surface area contributed by atoms with Gasteiger partial charge in [-0.1, -0.05) is 71.1 Å². The van der Waals surface area contributed by atoms with Crippen LogP contribution in [0.25, 0.3) is 0 Å². The lowest BCUT2D eigenvalue weighted by atomic mass is 9.43. The summed E-state index contributed by atoms with van der Waals surface area (Å²) in [5.74, 6) is 5.89. The summed E-state index contributed by atoms with van der Waals surface area (Å²) in [6.45, 7) is 21.5. The molecule has 0 saturated heterocycles. The Morgan fingerprint density at radius 3 is 2.62 bits per heavy atom. The molecule has 0 heterocycles. The molecule has 9 atom stereocenters. The third-order valence-corrected chi connectivity index (χ3v) is 9.63. The smallest absolute Gasteiger partial charge is 0.00784 e. The Kier molecular flexibility index (Phi) is 4.37. The van der Waals surface area contributed by atoms with E-state index in [0.717, 1.165) is 47.8 Å². The number of hydrogen-bond donors (Lipinski definition) is 0. The molecule has 0 N–H and O–H groups in total. The molecule has 0 bridgehead atoms. The van der Waals surface area contributed by atoms with Gasteiger partial charge in [-0.3, -0.25) is 0 Å². The van der Waals surface area contributed by atoms with Crippen LogP contribution in [0, 0.1) is 52.3 Å². The third-order valence-electron chi connectivity index (χ3n) is 9.63. The first-order valence-corrected chi connectivity index (χ1v) is 11.3. The van der Waals surface area contributed by atoms with Crippen molar-refractivity contribution >= 4 is 0 Å². The monoisotopic (exact) mass is 352 g/mol. The van der Waals surface area contributed by atoms with E-state index in [9.17, 15) is 0 Å². The fourth-order valence-electron chi connectivity index (χ4n) is 8.89. The quantitative estimate of drug-likeness (QED) is 0.453. The molecule has 0 aromatic rings. The van der Waals surface area contributed by atoms with Crippen molar-refractivity contribution in [2.45, 2.75) is 73.1 Å². The van der Waals surface area contributed by atoms with Gasteiger partial charge >= 0.3 is 0 Å². The number of hydrogen-bond acceptors (Lipinski definition) is 0. The maximum absolute atomic E-state index is 4.54. The minimum atomic E-state index is 0.397. The lowest BCUT2D eigenvalue weighted by molar-refractivity contribution is -0.105. The molecule has 4 aliphatic rings. The lowest BCUT2D eigenvalue weighted by Gasteiger charge is -2.61. The van der Waals surface area contributed by atoms with E-state index in [2.05, 4.69) is 59.9 Å². The molecule has 4 aliphatic carbocycles. The fourth-order valence-corrected chi connectivity index (χ4v) is 8.89. The van der Waals surface area contributed by atoms with Crippen molar-refractivity contribution < 1.29 is 0 Å². The van der Waals surface area contributed by atoms with Gasteiger partial charge in [0, 0.05) is 0 Å². The van der Waals surface area contributed by atoms with Gasteiger partial charge in [0.25, 0.3) is 0 Å². The van der Waals surface area contributed by atoms with Gasteiger partial charge in [-0.15, -0.1) is 0 Å². The summed E-state index contributed by atoms with van der Waals surface area (Å²) >= 11 is 0. The van der Waals surface area contributed by atoms with Crippen molar-refractivity contribution in [3.8, 4) is 0 Å². The molecule has 3 saturated carbocycles. The first-order valence-electron chi connectivity index (χ1n) is 11.3. The second kappa shape index (κ2) is 6.11. The van der Waals surface area contributed by atoms with E-state index in [1.54, 1.807) is 0 Å². The predicted molar refractivity (Wildman–Crippen MR) is 113 cm³/mol. The summed E-state index contributed by atoms with van der Waals surface area (Å²) in [5, 5.41) is 0. The average molecular weight is 353 g/mol. The Labute approximate surface area is 162 Å². The SMILES string of the molecule is C=C1C=CC2(C)C(CCC3C2C(C)CC2(C)C3CC(C)C2C(=C)CC)C1. The minimum Gasteiger partial charge on any atom is -0.0996 e. The van der Waals surface area contributed by atoms with Crippen molar-refractivity contribution in [1.29, 1.82) is 0 Å². The Morgan fingerprint density at radius 1 is 1.19 bits per heavy atom. The highest BCUT2D eigenvalue weighted by molar-refractivity contribution is 5.28. The third kappa shape index (κ3) is 2.39. The fraction of sp³-hybridized carbons (Fsp3) is 0.769. The summed E-state index contributed by atoms with van der Waals surface area (Å²) in [6, 6.07) is 0. The van der Waals surface area contributed by atoms with Crippen molar-refractivity contribution in [2.24, 2.45) is 52.3 Å². The van der Waals surface area contributed by atoms with E-state index >= 15 is 0 Å². The molecule has 0 amide bonds. The van der Waals surface area contributed by atoms with Gasteiger partial charge in [-0.25, -0.2) is 0 Å². The molecule has 144 valence electrons. The van der Waals surface area contributed by atoms with Crippen molar-refractivity contribution in [1.82, 2.24) is 0 Å². The van der Waals surface area contributed by atoms with Crippen LogP contribution < -0.4 is 0 Å². The summed E-state index contributed by atoms with van der Waals surface area (Å²) in [7, 11) is 0. The summed E-state index contributed by atoms with van der Waals surface area (Å²) in [5.41, 5.74) is 3.77. The van der Waals surface area contributed by atoms with E-state index in [4.69, 9.17) is 0 Å². The largest absolute Gasteiger partial charge is 0.0996 e. The molecule has 0 heteroatoms. The van der Waals surface area contributed by atoms with Crippen molar-refractivity contribution in [2.75, 3.05) is 0 Å². The van der Waals surface area contributed by atoms with Crippen LogP contribution >= 0.6 is 0 Å². The Bertz CT molecular complexity index is 638. The van der Waals surface area contributed by atoms with E-state index in [1.165, 1.54) is 43.3 Å². The molecular weight excluding hydrogens is 312 g/mol.